The highest BCUT2D eigenvalue weighted by Gasteiger charge is 2.32. The van der Waals surface area contributed by atoms with Gasteiger partial charge in [-0.05, 0) is 18.4 Å². The molecule has 5 heteroatoms. The normalized spacial score (nSPS) is 19.2. The molecule has 0 spiro atoms. The lowest BCUT2D eigenvalue weighted by atomic mass is 10.00. The zero-order valence-electron chi connectivity index (χ0n) is 8.48. The van der Waals surface area contributed by atoms with Crippen LogP contribution in [0.15, 0.2) is 0 Å². The minimum absolute atomic E-state index is 0.0313. The first-order valence-electron chi connectivity index (χ1n) is 4.83. The molecule has 1 rings (SSSR count). The summed E-state index contributed by atoms with van der Waals surface area (Å²) in [6.07, 6.45) is 2.74. The second-order valence-corrected chi connectivity index (χ2v) is 4.67. The van der Waals surface area contributed by atoms with E-state index in [1.54, 1.807) is 16.7 Å². The Labute approximate surface area is 88.8 Å². The molecule has 1 fully saturated rings. The van der Waals surface area contributed by atoms with Crippen molar-refractivity contribution >= 4 is 17.7 Å². The van der Waals surface area contributed by atoms with E-state index in [2.05, 4.69) is 0 Å². The Kier molecular flexibility index (Phi) is 4.71. The van der Waals surface area contributed by atoms with Crippen molar-refractivity contribution in [1.29, 1.82) is 0 Å². The average molecular weight is 218 g/mol. The van der Waals surface area contributed by atoms with Crippen LogP contribution < -0.4 is 5.73 Å². The SMILES string of the molecule is CSCC[C@H](N)C(=O)N1CC(CO)C1. The lowest BCUT2D eigenvalue weighted by Gasteiger charge is -2.39. The summed E-state index contributed by atoms with van der Waals surface area (Å²) in [5.74, 6) is 1.22. The molecule has 1 amide bonds. The fourth-order valence-corrected chi connectivity index (χ4v) is 1.96. The van der Waals surface area contributed by atoms with Crippen molar-refractivity contribution < 1.29 is 9.90 Å². The smallest absolute Gasteiger partial charge is 0.239 e. The second kappa shape index (κ2) is 5.58. The molecule has 1 atom stereocenters. The van der Waals surface area contributed by atoms with E-state index in [9.17, 15) is 4.79 Å². The van der Waals surface area contributed by atoms with Crippen molar-refractivity contribution in [2.45, 2.75) is 12.5 Å². The van der Waals surface area contributed by atoms with Gasteiger partial charge in [-0.25, -0.2) is 0 Å². The molecule has 0 bridgehead atoms. The third-order valence-electron chi connectivity index (χ3n) is 2.48. The molecule has 0 aromatic rings. The number of aliphatic hydroxyl groups excluding tert-OH is 1. The van der Waals surface area contributed by atoms with E-state index < -0.39 is 0 Å². The first kappa shape index (κ1) is 11.8. The Bertz CT molecular complexity index is 188. The number of amides is 1. The fraction of sp³-hybridized carbons (Fsp3) is 0.889. The fourth-order valence-electron chi connectivity index (χ4n) is 1.47. The Morgan fingerprint density at radius 3 is 2.86 bits per heavy atom. The number of thioether (sulfide) groups is 1. The Morgan fingerprint density at radius 1 is 1.71 bits per heavy atom. The van der Waals surface area contributed by atoms with Crippen LogP contribution >= 0.6 is 11.8 Å². The number of rotatable bonds is 5. The van der Waals surface area contributed by atoms with Crippen molar-refractivity contribution in [1.82, 2.24) is 4.90 Å². The maximum atomic E-state index is 11.6. The zero-order valence-corrected chi connectivity index (χ0v) is 9.30. The molecule has 0 aromatic carbocycles. The van der Waals surface area contributed by atoms with Gasteiger partial charge in [0.25, 0.3) is 0 Å². The summed E-state index contributed by atoms with van der Waals surface area (Å²) in [5.41, 5.74) is 5.73. The number of likely N-dealkylation sites (tertiary alicyclic amines) is 1. The lowest BCUT2D eigenvalue weighted by molar-refractivity contribution is -0.139. The molecule has 0 aromatic heterocycles. The van der Waals surface area contributed by atoms with Gasteiger partial charge in [0.05, 0.1) is 6.04 Å². The summed E-state index contributed by atoms with van der Waals surface area (Å²) in [7, 11) is 0. The quantitative estimate of drug-likeness (QED) is 0.654. The molecule has 0 saturated carbocycles. The molecule has 0 aliphatic carbocycles. The van der Waals surface area contributed by atoms with E-state index in [4.69, 9.17) is 10.8 Å². The standard InChI is InChI=1S/C9H18N2O2S/c1-14-3-2-8(10)9(13)11-4-7(5-11)6-12/h7-8,12H,2-6,10H2,1H3/t8-/m0/s1. The summed E-state index contributed by atoms with van der Waals surface area (Å²) in [5, 5.41) is 8.79. The topological polar surface area (TPSA) is 66.6 Å². The number of aliphatic hydroxyl groups is 1. The molecular formula is C9H18N2O2S. The summed E-state index contributed by atoms with van der Waals surface area (Å²) >= 11 is 1.70. The van der Waals surface area contributed by atoms with Crippen molar-refractivity contribution in [2.75, 3.05) is 31.7 Å². The molecule has 0 radical (unpaired) electrons. The van der Waals surface area contributed by atoms with Crippen LogP contribution in [0.1, 0.15) is 6.42 Å². The first-order chi connectivity index (χ1) is 6.69. The van der Waals surface area contributed by atoms with Crippen LogP contribution in [0.3, 0.4) is 0 Å². The zero-order chi connectivity index (χ0) is 10.6. The number of nitrogens with zero attached hydrogens (tertiary/aromatic N) is 1. The highest BCUT2D eigenvalue weighted by Crippen LogP contribution is 2.16. The van der Waals surface area contributed by atoms with Crippen molar-refractivity contribution in [3.8, 4) is 0 Å². The van der Waals surface area contributed by atoms with Gasteiger partial charge in [0.1, 0.15) is 0 Å². The van der Waals surface area contributed by atoms with Crippen molar-refractivity contribution in [3.05, 3.63) is 0 Å². The largest absolute Gasteiger partial charge is 0.396 e. The van der Waals surface area contributed by atoms with Gasteiger partial charge < -0.3 is 15.7 Å². The van der Waals surface area contributed by atoms with Crippen molar-refractivity contribution in [3.63, 3.8) is 0 Å². The van der Waals surface area contributed by atoms with Crippen LogP contribution in [0.25, 0.3) is 0 Å². The van der Waals surface area contributed by atoms with Gasteiger partial charge in [-0.2, -0.15) is 11.8 Å². The molecule has 0 unspecified atom stereocenters. The predicted octanol–water partition coefficient (Wildman–Crippen LogP) is -0.482. The summed E-state index contributed by atoms with van der Waals surface area (Å²) in [4.78, 5) is 13.3. The van der Waals surface area contributed by atoms with Gasteiger partial charge in [0.2, 0.25) is 5.91 Å². The van der Waals surface area contributed by atoms with Crippen LogP contribution in [-0.4, -0.2) is 53.7 Å². The maximum Gasteiger partial charge on any atom is 0.239 e. The second-order valence-electron chi connectivity index (χ2n) is 3.68. The van der Waals surface area contributed by atoms with E-state index in [-0.39, 0.29) is 24.5 Å². The van der Waals surface area contributed by atoms with Gasteiger partial charge in [-0.15, -0.1) is 0 Å². The van der Waals surface area contributed by atoms with Crippen LogP contribution in [0.4, 0.5) is 0 Å². The van der Waals surface area contributed by atoms with Gasteiger partial charge in [0, 0.05) is 25.6 Å². The van der Waals surface area contributed by atoms with Gasteiger partial charge in [-0.1, -0.05) is 0 Å². The van der Waals surface area contributed by atoms with E-state index in [0.717, 1.165) is 12.2 Å². The molecule has 1 aliphatic heterocycles. The minimum atomic E-state index is -0.359. The summed E-state index contributed by atoms with van der Waals surface area (Å²) in [6.45, 7) is 1.51. The van der Waals surface area contributed by atoms with E-state index >= 15 is 0 Å². The molecule has 1 aliphatic rings. The van der Waals surface area contributed by atoms with E-state index in [1.165, 1.54) is 0 Å². The molecule has 1 heterocycles. The first-order valence-corrected chi connectivity index (χ1v) is 6.22. The summed E-state index contributed by atoms with van der Waals surface area (Å²) in [6, 6.07) is -0.359. The molecule has 4 nitrogen and oxygen atoms in total. The highest BCUT2D eigenvalue weighted by molar-refractivity contribution is 7.98. The van der Waals surface area contributed by atoms with Crippen molar-refractivity contribution in [2.24, 2.45) is 11.7 Å². The van der Waals surface area contributed by atoms with E-state index in [1.807, 2.05) is 6.26 Å². The highest BCUT2D eigenvalue weighted by atomic mass is 32.2. The van der Waals surface area contributed by atoms with Crippen LogP contribution in [0.5, 0.6) is 0 Å². The number of carbonyl (C=O) groups is 1. The van der Waals surface area contributed by atoms with Gasteiger partial charge >= 0.3 is 0 Å². The monoisotopic (exact) mass is 218 g/mol. The van der Waals surface area contributed by atoms with E-state index in [0.29, 0.717) is 13.1 Å². The molecular weight excluding hydrogens is 200 g/mol. The minimum Gasteiger partial charge on any atom is -0.396 e. The summed E-state index contributed by atoms with van der Waals surface area (Å²) < 4.78 is 0. The van der Waals surface area contributed by atoms with Crippen LogP contribution in [0, 0.1) is 5.92 Å². The third-order valence-corrected chi connectivity index (χ3v) is 3.12. The predicted molar refractivity (Wildman–Crippen MR) is 58.1 cm³/mol. The third kappa shape index (κ3) is 2.87. The number of hydrogen-bond acceptors (Lipinski definition) is 4. The maximum absolute atomic E-state index is 11.6. The average Bonchev–Trinajstić information content (AvgIpc) is 2.12. The molecule has 14 heavy (non-hydrogen) atoms. The van der Waals surface area contributed by atoms with Crippen LogP contribution in [-0.2, 0) is 4.79 Å². The van der Waals surface area contributed by atoms with Crippen LogP contribution in [0.2, 0.25) is 0 Å². The number of carbonyl (C=O) groups excluding carboxylic acids is 1. The molecule has 1 saturated heterocycles. The van der Waals surface area contributed by atoms with Gasteiger partial charge in [0.15, 0.2) is 0 Å². The number of hydrogen-bond donors (Lipinski definition) is 2. The lowest BCUT2D eigenvalue weighted by Crippen LogP contribution is -2.56. The molecule has 82 valence electrons. The number of nitrogens with two attached hydrogens (primary N) is 1. The molecule has 3 N–H and O–H groups in total. The Balaban J connectivity index is 2.21. The van der Waals surface area contributed by atoms with Gasteiger partial charge in [-0.3, -0.25) is 4.79 Å². The Hall–Kier alpha value is -0.260. The Morgan fingerprint density at radius 2 is 2.36 bits per heavy atom.